The fraction of sp³-hybridized carbons (Fsp3) is 0.526. The van der Waals surface area contributed by atoms with E-state index in [9.17, 15) is 18.8 Å². The Morgan fingerprint density at radius 1 is 1.16 bits per heavy atom. The molecule has 0 unspecified atom stereocenters. The van der Waals surface area contributed by atoms with Crippen LogP contribution in [0.5, 0.6) is 0 Å². The molecule has 6 heteroatoms. The zero-order valence-corrected chi connectivity index (χ0v) is 14.0. The van der Waals surface area contributed by atoms with Crippen LogP contribution >= 0.6 is 0 Å². The molecule has 3 rings (SSSR count). The maximum atomic E-state index is 13.5. The number of ketones is 1. The molecule has 1 aromatic rings. The zero-order valence-electron chi connectivity index (χ0n) is 14.0. The molecule has 134 valence electrons. The van der Waals surface area contributed by atoms with Gasteiger partial charge in [0.25, 0.3) is 5.91 Å². The van der Waals surface area contributed by atoms with Gasteiger partial charge in [-0.25, -0.2) is 4.39 Å². The van der Waals surface area contributed by atoms with Crippen molar-refractivity contribution in [1.82, 2.24) is 5.32 Å². The highest BCUT2D eigenvalue weighted by Crippen LogP contribution is 2.40. The number of ether oxygens (including phenoxy) is 1. The van der Waals surface area contributed by atoms with E-state index in [1.54, 1.807) is 18.2 Å². The molecule has 0 spiro atoms. The summed E-state index contributed by atoms with van der Waals surface area (Å²) in [7, 11) is 0. The number of halogens is 1. The monoisotopic (exact) mass is 347 g/mol. The summed E-state index contributed by atoms with van der Waals surface area (Å²) >= 11 is 0. The van der Waals surface area contributed by atoms with Crippen LogP contribution in [0.15, 0.2) is 24.3 Å². The number of rotatable bonds is 5. The largest absolute Gasteiger partial charge is 0.455 e. The van der Waals surface area contributed by atoms with Gasteiger partial charge in [-0.1, -0.05) is 24.6 Å². The molecule has 1 aromatic carbocycles. The second-order valence-corrected chi connectivity index (χ2v) is 6.87. The first-order valence-corrected chi connectivity index (χ1v) is 8.75. The van der Waals surface area contributed by atoms with E-state index in [0.717, 1.165) is 19.3 Å². The van der Waals surface area contributed by atoms with Crippen molar-refractivity contribution in [1.29, 1.82) is 0 Å². The maximum Gasteiger partial charge on any atom is 0.309 e. The SMILES string of the molecule is O=C(COC(=O)C1C[C@H]2CCC[C@H](C1)C2=O)NCc1ccccc1F. The van der Waals surface area contributed by atoms with Crippen molar-refractivity contribution in [3.8, 4) is 0 Å². The Labute approximate surface area is 145 Å². The number of hydrogen-bond donors (Lipinski definition) is 1. The summed E-state index contributed by atoms with van der Waals surface area (Å²) in [6.07, 6.45) is 3.81. The minimum Gasteiger partial charge on any atom is -0.455 e. The summed E-state index contributed by atoms with van der Waals surface area (Å²) < 4.78 is 18.6. The van der Waals surface area contributed by atoms with Crippen molar-refractivity contribution in [2.75, 3.05) is 6.61 Å². The third-order valence-electron chi connectivity index (χ3n) is 5.16. The van der Waals surface area contributed by atoms with E-state index in [-0.39, 0.29) is 36.7 Å². The molecule has 2 bridgehead atoms. The van der Waals surface area contributed by atoms with Gasteiger partial charge in [0.05, 0.1) is 5.92 Å². The Hall–Kier alpha value is -2.24. The average Bonchev–Trinajstić information content (AvgIpc) is 2.58. The fourth-order valence-electron chi connectivity index (χ4n) is 3.81. The van der Waals surface area contributed by atoms with Gasteiger partial charge in [0.2, 0.25) is 0 Å². The van der Waals surface area contributed by atoms with Crippen LogP contribution in [0.1, 0.15) is 37.7 Å². The molecule has 1 amide bonds. The van der Waals surface area contributed by atoms with Gasteiger partial charge in [-0.3, -0.25) is 14.4 Å². The number of hydrogen-bond acceptors (Lipinski definition) is 4. The first-order valence-electron chi connectivity index (χ1n) is 8.75. The van der Waals surface area contributed by atoms with Crippen LogP contribution in [0.3, 0.4) is 0 Å². The van der Waals surface area contributed by atoms with Gasteiger partial charge in [-0.15, -0.1) is 0 Å². The summed E-state index contributed by atoms with van der Waals surface area (Å²) in [4.78, 5) is 36.0. The number of amides is 1. The molecule has 0 aliphatic heterocycles. The van der Waals surface area contributed by atoms with Crippen molar-refractivity contribution >= 4 is 17.7 Å². The summed E-state index contributed by atoms with van der Waals surface area (Å²) in [6, 6.07) is 6.17. The molecular weight excluding hydrogens is 325 g/mol. The lowest BCUT2D eigenvalue weighted by molar-refractivity contribution is -0.156. The van der Waals surface area contributed by atoms with E-state index in [1.807, 2.05) is 0 Å². The number of nitrogens with one attached hydrogen (secondary N) is 1. The summed E-state index contributed by atoms with van der Waals surface area (Å²) in [5.41, 5.74) is 0.376. The van der Waals surface area contributed by atoms with Gasteiger partial charge in [0.15, 0.2) is 6.61 Å². The van der Waals surface area contributed by atoms with Crippen LogP contribution in [-0.4, -0.2) is 24.3 Å². The Morgan fingerprint density at radius 2 is 1.84 bits per heavy atom. The van der Waals surface area contributed by atoms with E-state index < -0.39 is 17.7 Å². The summed E-state index contributed by atoms with van der Waals surface area (Å²) in [5, 5.41) is 2.53. The molecule has 0 heterocycles. The van der Waals surface area contributed by atoms with Gasteiger partial charge in [-0.2, -0.15) is 0 Å². The van der Waals surface area contributed by atoms with Crippen LogP contribution in [0.4, 0.5) is 4.39 Å². The Bertz CT molecular complexity index is 659. The van der Waals surface area contributed by atoms with Crippen LogP contribution in [0.25, 0.3) is 0 Å². The number of Topliss-reactive ketones (excluding diaryl/α,β-unsaturated/α-hetero) is 1. The van der Waals surface area contributed by atoms with Crippen molar-refractivity contribution in [2.24, 2.45) is 17.8 Å². The van der Waals surface area contributed by atoms with Crippen molar-refractivity contribution in [3.63, 3.8) is 0 Å². The van der Waals surface area contributed by atoms with E-state index >= 15 is 0 Å². The van der Waals surface area contributed by atoms with Crippen LogP contribution in [0.2, 0.25) is 0 Å². The normalized spacial score (nSPS) is 25.3. The van der Waals surface area contributed by atoms with E-state index in [4.69, 9.17) is 4.74 Å². The zero-order chi connectivity index (χ0) is 17.8. The number of fused-ring (bicyclic) bond motifs is 2. The molecule has 1 N–H and O–H groups in total. The number of carbonyl (C=O) groups is 3. The van der Waals surface area contributed by atoms with Gasteiger partial charge in [-0.05, 0) is 31.7 Å². The Morgan fingerprint density at radius 3 is 2.52 bits per heavy atom. The standard InChI is InChI=1S/C19H22FNO4/c20-16-7-2-1-4-14(16)10-21-17(22)11-25-19(24)15-8-12-5-3-6-13(9-15)18(12)23/h1-2,4,7,12-13,15H,3,5-6,8-11H2,(H,21,22)/t12-,13-/m1/s1. The Kier molecular flexibility index (Phi) is 5.46. The number of carbonyl (C=O) groups excluding carboxylic acids is 3. The van der Waals surface area contributed by atoms with Crippen molar-refractivity contribution in [3.05, 3.63) is 35.6 Å². The molecule has 0 aromatic heterocycles. The van der Waals surface area contributed by atoms with Crippen molar-refractivity contribution in [2.45, 2.75) is 38.6 Å². The predicted octanol–water partition coefficient (Wildman–Crippen LogP) is 2.38. The summed E-state index contributed by atoms with van der Waals surface area (Å²) in [6.45, 7) is -0.335. The molecule has 2 saturated carbocycles. The second-order valence-electron chi connectivity index (χ2n) is 6.87. The lowest BCUT2D eigenvalue weighted by Crippen LogP contribution is -2.40. The quantitative estimate of drug-likeness (QED) is 0.830. The topological polar surface area (TPSA) is 72.5 Å². The third kappa shape index (κ3) is 4.24. The smallest absolute Gasteiger partial charge is 0.309 e. The molecule has 2 atom stereocenters. The fourth-order valence-corrected chi connectivity index (χ4v) is 3.81. The average molecular weight is 347 g/mol. The van der Waals surface area contributed by atoms with Gasteiger partial charge >= 0.3 is 5.97 Å². The Balaban J connectivity index is 1.43. The molecule has 0 radical (unpaired) electrons. The van der Waals surface area contributed by atoms with Crippen LogP contribution in [-0.2, 0) is 25.7 Å². The van der Waals surface area contributed by atoms with E-state index in [2.05, 4.69) is 5.32 Å². The minimum atomic E-state index is -0.469. The molecule has 2 aliphatic carbocycles. The predicted molar refractivity (Wildman–Crippen MR) is 87.8 cm³/mol. The van der Waals surface area contributed by atoms with E-state index in [0.29, 0.717) is 18.4 Å². The first-order chi connectivity index (χ1) is 12.0. The molecule has 25 heavy (non-hydrogen) atoms. The highest BCUT2D eigenvalue weighted by molar-refractivity contribution is 5.87. The molecule has 2 aliphatic rings. The van der Waals surface area contributed by atoms with Gasteiger partial charge in [0, 0.05) is 23.9 Å². The van der Waals surface area contributed by atoms with Crippen molar-refractivity contribution < 1.29 is 23.5 Å². The lowest BCUT2D eigenvalue weighted by atomic mass is 9.67. The first kappa shape index (κ1) is 17.6. The second kappa shape index (κ2) is 7.76. The van der Waals surface area contributed by atoms with E-state index in [1.165, 1.54) is 6.07 Å². The molecule has 0 saturated heterocycles. The number of esters is 1. The van der Waals surface area contributed by atoms with Crippen LogP contribution in [0, 0.1) is 23.6 Å². The highest BCUT2D eigenvalue weighted by Gasteiger charge is 2.41. The molecular formula is C19H22FNO4. The molecule has 5 nitrogen and oxygen atoms in total. The molecule has 2 fully saturated rings. The third-order valence-corrected chi connectivity index (χ3v) is 5.16. The summed E-state index contributed by atoms with van der Waals surface area (Å²) in [5.74, 6) is -1.34. The van der Waals surface area contributed by atoms with Gasteiger partial charge in [0.1, 0.15) is 11.6 Å². The van der Waals surface area contributed by atoms with Gasteiger partial charge < -0.3 is 10.1 Å². The number of benzene rings is 1. The minimum absolute atomic E-state index is 0.0278. The van der Waals surface area contributed by atoms with Crippen LogP contribution < -0.4 is 5.32 Å². The lowest BCUT2D eigenvalue weighted by Gasteiger charge is -2.36. The highest BCUT2D eigenvalue weighted by atomic mass is 19.1. The maximum absolute atomic E-state index is 13.5.